The summed E-state index contributed by atoms with van der Waals surface area (Å²) in [6, 6.07) is 12.3. The Balaban J connectivity index is 1.67. The molecule has 28 heavy (non-hydrogen) atoms. The molecule has 0 atom stereocenters. The first-order valence-corrected chi connectivity index (χ1v) is 9.97. The topological polar surface area (TPSA) is 63.9 Å². The number of rotatable bonds is 7. The standard InChI is InChI=1S/C20H22FN5OS/c1-4-25(12-16-6-5-7-17(21)11-16)19(27)13-28-20-22-23-24-26(20)18-9-8-14(2)15(3)10-18/h5-11H,4,12-13H2,1-3H3. The van der Waals surface area contributed by atoms with Gasteiger partial charge in [0, 0.05) is 13.1 Å². The van der Waals surface area contributed by atoms with Crippen LogP contribution in [0.3, 0.4) is 0 Å². The van der Waals surface area contributed by atoms with Crippen LogP contribution in [0.4, 0.5) is 4.39 Å². The Morgan fingerprint density at radius 3 is 2.71 bits per heavy atom. The van der Waals surface area contributed by atoms with Gasteiger partial charge in [0.15, 0.2) is 0 Å². The van der Waals surface area contributed by atoms with E-state index in [0.29, 0.717) is 18.2 Å². The van der Waals surface area contributed by atoms with Crippen LogP contribution in [0, 0.1) is 19.7 Å². The van der Waals surface area contributed by atoms with Crippen LogP contribution < -0.4 is 0 Å². The average Bonchev–Trinajstić information content (AvgIpc) is 3.15. The van der Waals surface area contributed by atoms with Gasteiger partial charge in [-0.2, -0.15) is 4.68 Å². The van der Waals surface area contributed by atoms with E-state index in [1.54, 1.807) is 15.6 Å². The van der Waals surface area contributed by atoms with Crippen LogP contribution in [-0.4, -0.2) is 43.3 Å². The lowest BCUT2D eigenvalue weighted by Gasteiger charge is -2.20. The predicted molar refractivity (Wildman–Crippen MR) is 107 cm³/mol. The number of hydrogen-bond acceptors (Lipinski definition) is 5. The van der Waals surface area contributed by atoms with Gasteiger partial charge in [0.05, 0.1) is 11.4 Å². The van der Waals surface area contributed by atoms with Crippen molar-refractivity contribution in [2.75, 3.05) is 12.3 Å². The third kappa shape index (κ3) is 4.75. The second-order valence-corrected chi connectivity index (χ2v) is 7.41. The summed E-state index contributed by atoms with van der Waals surface area (Å²) in [5, 5.41) is 12.4. The molecule has 0 saturated carbocycles. The van der Waals surface area contributed by atoms with Crippen molar-refractivity contribution in [3.8, 4) is 5.69 Å². The van der Waals surface area contributed by atoms with Crippen LogP contribution in [-0.2, 0) is 11.3 Å². The van der Waals surface area contributed by atoms with Crippen LogP contribution in [0.1, 0.15) is 23.6 Å². The molecule has 3 aromatic rings. The molecule has 1 amide bonds. The second kappa shape index (κ2) is 8.97. The average molecular weight is 399 g/mol. The fourth-order valence-corrected chi connectivity index (χ4v) is 3.53. The van der Waals surface area contributed by atoms with Gasteiger partial charge in [-0.1, -0.05) is 30.0 Å². The van der Waals surface area contributed by atoms with Crippen molar-refractivity contribution in [3.05, 3.63) is 65.0 Å². The van der Waals surface area contributed by atoms with Gasteiger partial charge in [0.2, 0.25) is 11.1 Å². The van der Waals surface area contributed by atoms with Gasteiger partial charge in [-0.05, 0) is 72.2 Å². The van der Waals surface area contributed by atoms with Crippen molar-refractivity contribution in [1.29, 1.82) is 0 Å². The molecule has 0 fully saturated rings. The summed E-state index contributed by atoms with van der Waals surface area (Å²) in [6.07, 6.45) is 0. The molecule has 6 nitrogen and oxygen atoms in total. The molecule has 0 unspecified atom stereocenters. The van der Waals surface area contributed by atoms with Crippen LogP contribution >= 0.6 is 11.8 Å². The minimum Gasteiger partial charge on any atom is -0.338 e. The Labute approximate surface area is 167 Å². The molecule has 1 heterocycles. The van der Waals surface area contributed by atoms with E-state index in [1.165, 1.54) is 29.5 Å². The zero-order valence-corrected chi connectivity index (χ0v) is 16.9. The summed E-state index contributed by atoms with van der Waals surface area (Å²) in [5.74, 6) is -0.150. The molecular formula is C20H22FN5OS. The van der Waals surface area contributed by atoms with Gasteiger partial charge in [0.1, 0.15) is 5.82 Å². The van der Waals surface area contributed by atoms with Gasteiger partial charge in [-0.3, -0.25) is 4.79 Å². The van der Waals surface area contributed by atoms with Crippen LogP contribution in [0.25, 0.3) is 5.69 Å². The summed E-state index contributed by atoms with van der Waals surface area (Å²) in [7, 11) is 0. The highest BCUT2D eigenvalue weighted by molar-refractivity contribution is 7.99. The zero-order valence-electron chi connectivity index (χ0n) is 16.1. The van der Waals surface area contributed by atoms with Crippen molar-refractivity contribution < 1.29 is 9.18 Å². The molecule has 0 bridgehead atoms. The number of hydrogen-bond donors (Lipinski definition) is 0. The number of nitrogens with zero attached hydrogens (tertiary/aromatic N) is 5. The van der Waals surface area contributed by atoms with E-state index < -0.39 is 0 Å². The molecule has 0 aliphatic rings. The molecule has 8 heteroatoms. The third-order valence-electron chi connectivity index (χ3n) is 4.50. The summed E-state index contributed by atoms with van der Waals surface area (Å²) < 4.78 is 15.0. The van der Waals surface area contributed by atoms with Crippen molar-refractivity contribution in [2.45, 2.75) is 32.5 Å². The van der Waals surface area contributed by atoms with E-state index in [-0.39, 0.29) is 17.5 Å². The van der Waals surface area contributed by atoms with Gasteiger partial charge in [0.25, 0.3) is 0 Å². The molecule has 0 spiro atoms. The second-order valence-electron chi connectivity index (χ2n) is 6.47. The van der Waals surface area contributed by atoms with Crippen LogP contribution in [0.2, 0.25) is 0 Å². The van der Waals surface area contributed by atoms with Gasteiger partial charge >= 0.3 is 0 Å². The SMILES string of the molecule is CCN(Cc1cccc(F)c1)C(=O)CSc1nnnn1-c1ccc(C)c(C)c1. The Bertz CT molecular complexity index is 975. The quantitative estimate of drug-likeness (QED) is 0.569. The maximum absolute atomic E-state index is 13.4. The first kappa shape index (κ1) is 20.0. The van der Waals surface area contributed by atoms with E-state index in [2.05, 4.69) is 15.5 Å². The fraction of sp³-hybridized carbons (Fsp3) is 0.300. The first-order chi connectivity index (χ1) is 13.5. The Morgan fingerprint density at radius 1 is 1.18 bits per heavy atom. The highest BCUT2D eigenvalue weighted by Crippen LogP contribution is 2.21. The molecule has 0 aliphatic carbocycles. The number of benzene rings is 2. The number of carbonyl (C=O) groups is 1. The fourth-order valence-electron chi connectivity index (χ4n) is 2.74. The minimum atomic E-state index is -0.303. The molecule has 146 valence electrons. The molecule has 1 aromatic heterocycles. The summed E-state index contributed by atoms with van der Waals surface area (Å²) in [6.45, 7) is 6.89. The smallest absolute Gasteiger partial charge is 0.233 e. The van der Waals surface area contributed by atoms with E-state index in [4.69, 9.17) is 0 Å². The lowest BCUT2D eigenvalue weighted by Crippen LogP contribution is -2.31. The van der Waals surface area contributed by atoms with E-state index in [1.807, 2.05) is 45.0 Å². The number of tetrazole rings is 1. The van der Waals surface area contributed by atoms with Gasteiger partial charge < -0.3 is 4.90 Å². The van der Waals surface area contributed by atoms with E-state index in [0.717, 1.165) is 16.8 Å². The van der Waals surface area contributed by atoms with Crippen molar-refractivity contribution in [1.82, 2.24) is 25.1 Å². The number of aryl methyl sites for hydroxylation is 2. The lowest BCUT2D eigenvalue weighted by atomic mass is 10.1. The molecule has 0 N–H and O–H groups in total. The highest BCUT2D eigenvalue weighted by atomic mass is 32.2. The highest BCUT2D eigenvalue weighted by Gasteiger charge is 2.16. The summed E-state index contributed by atoms with van der Waals surface area (Å²) >= 11 is 1.29. The zero-order chi connectivity index (χ0) is 20.1. The van der Waals surface area contributed by atoms with Crippen LogP contribution in [0.15, 0.2) is 47.6 Å². The lowest BCUT2D eigenvalue weighted by molar-refractivity contribution is -0.128. The number of carbonyl (C=O) groups excluding carboxylic acids is 1. The monoisotopic (exact) mass is 399 g/mol. The summed E-state index contributed by atoms with van der Waals surface area (Å²) in [5.41, 5.74) is 3.96. The third-order valence-corrected chi connectivity index (χ3v) is 5.40. The normalized spacial score (nSPS) is 10.9. The van der Waals surface area contributed by atoms with Crippen molar-refractivity contribution >= 4 is 17.7 Å². The van der Waals surface area contributed by atoms with Gasteiger partial charge in [-0.25, -0.2) is 4.39 Å². The van der Waals surface area contributed by atoms with Crippen molar-refractivity contribution in [2.24, 2.45) is 0 Å². The number of halogens is 1. The Kier molecular flexibility index (Phi) is 6.41. The molecule has 2 aromatic carbocycles. The summed E-state index contributed by atoms with van der Waals surface area (Å²) in [4.78, 5) is 14.3. The number of aromatic nitrogens is 4. The number of thioether (sulfide) groups is 1. The molecule has 0 radical (unpaired) electrons. The largest absolute Gasteiger partial charge is 0.338 e. The Morgan fingerprint density at radius 2 is 2.00 bits per heavy atom. The van der Waals surface area contributed by atoms with E-state index >= 15 is 0 Å². The van der Waals surface area contributed by atoms with Gasteiger partial charge in [-0.15, -0.1) is 5.10 Å². The van der Waals surface area contributed by atoms with Crippen molar-refractivity contribution in [3.63, 3.8) is 0 Å². The Hall–Kier alpha value is -2.74. The first-order valence-electron chi connectivity index (χ1n) is 8.99. The molecular weight excluding hydrogens is 377 g/mol. The van der Waals surface area contributed by atoms with E-state index in [9.17, 15) is 9.18 Å². The molecule has 0 saturated heterocycles. The molecule has 0 aliphatic heterocycles. The molecule has 3 rings (SSSR count). The minimum absolute atomic E-state index is 0.0496. The maximum Gasteiger partial charge on any atom is 0.233 e. The maximum atomic E-state index is 13.4. The predicted octanol–water partition coefficient (Wildman–Crippen LogP) is 3.56. The van der Waals surface area contributed by atoms with Crippen LogP contribution in [0.5, 0.6) is 0 Å². The number of amides is 1.